The third kappa shape index (κ3) is 2.95. The minimum absolute atomic E-state index is 0.0256. The Bertz CT molecular complexity index is 821. The average molecular weight is 373 g/mol. The van der Waals surface area contributed by atoms with Gasteiger partial charge in [0.05, 0.1) is 31.0 Å². The van der Waals surface area contributed by atoms with Crippen molar-refractivity contribution in [2.75, 3.05) is 7.11 Å². The Kier molecular flexibility index (Phi) is 4.15. The molecule has 0 spiro atoms. The van der Waals surface area contributed by atoms with Crippen LogP contribution in [-0.4, -0.2) is 43.1 Å². The van der Waals surface area contributed by atoms with Crippen LogP contribution in [0.4, 0.5) is 4.79 Å². The largest absolute Gasteiger partial charge is 0.466 e. The van der Waals surface area contributed by atoms with Gasteiger partial charge in [-0.1, -0.05) is 18.2 Å². The van der Waals surface area contributed by atoms with E-state index in [-0.39, 0.29) is 17.9 Å². The lowest BCUT2D eigenvalue weighted by Gasteiger charge is -2.35. The summed E-state index contributed by atoms with van der Waals surface area (Å²) < 4.78 is 21.4. The van der Waals surface area contributed by atoms with E-state index in [1.165, 1.54) is 13.4 Å². The number of amides is 2. The minimum Gasteiger partial charge on any atom is -0.466 e. The van der Waals surface area contributed by atoms with Gasteiger partial charge in [0.15, 0.2) is 0 Å². The van der Waals surface area contributed by atoms with Crippen LogP contribution in [0.3, 0.4) is 0 Å². The van der Waals surface area contributed by atoms with Crippen LogP contribution in [0.1, 0.15) is 23.7 Å². The van der Waals surface area contributed by atoms with E-state index in [0.29, 0.717) is 17.6 Å². The summed E-state index contributed by atoms with van der Waals surface area (Å²) in [4.78, 5) is 36.3. The average Bonchev–Trinajstić information content (AvgIpc) is 3.22. The van der Waals surface area contributed by atoms with Crippen LogP contribution >= 0.6 is 0 Å². The summed E-state index contributed by atoms with van der Waals surface area (Å²) >= 11 is 0. The number of hydrogen-bond acceptors (Lipinski definition) is 7. The van der Waals surface area contributed by atoms with Gasteiger partial charge in [0.1, 0.15) is 5.60 Å². The van der Waals surface area contributed by atoms with E-state index in [4.69, 9.17) is 18.9 Å². The Morgan fingerprint density at radius 1 is 1.22 bits per heavy atom. The van der Waals surface area contributed by atoms with Crippen molar-refractivity contribution in [3.05, 3.63) is 47.7 Å². The highest BCUT2D eigenvalue weighted by Gasteiger charge is 2.71. The summed E-state index contributed by atoms with van der Waals surface area (Å²) in [6.45, 7) is 1.90. The van der Waals surface area contributed by atoms with Crippen LogP contribution in [0.5, 0.6) is 0 Å². The summed E-state index contributed by atoms with van der Waals surface area (Å²) in [5.74, 6) is -1.61. The molecular weight excluding hydrogens is 354 g/mol. The van der Waals surface area contributed by atoms with Gasteiger partial charge in [-0.05, 0) is 25.5 Å². The van der Waals surface area contributed by atoms with Crippen LogP contribution in [0, 0.1) is 11.8 Å². The quantitative estimate of drug-likeness (QED) is 0.636. The Labute approximate surface area is 155 Å². The number of alkyl carbamates (subject to hydrolysis) is 1. The molecule has 3 aliphatic rings. The highest BCUT2D eigenvalue weighted by molar-refractivity contribution is 6.02. The molecule has 27 heavy (non-hydrogen) atoms. The monoisotopic (exact) mass is 373 g/mol. The molecule has 5 atom stereocenters. The molecule has 1 aromatic carbocycles. The van der Waals surface area contributed by atoms with Crippen LogP contribution < -0.4 is 5.32 Å². The third-order valence-corrected chi connectivity index (χ3v) is 5.46. The van der Waals surface area contributed by atoms with Gasteiger partial charge in [-0.2, -0.15) is 0 Å². The first-order valence-corrected chi connectivity index (χ1v) is 8.62. The molecule has 0 radical (unpaired) electrons. The maximum atomic E-state index is 12.2. The molecule has 1 aromatic rings. The van der Waals surface area contributed by atoms with E-state index in [0.717, 1.165) is 0 Å². The number of epoxide rings is 1. The number of fused-ring (bicyclic) bond motifs is 3. The second kappa shape index (κ2) is 6.38. The lowest BCUT2D eigenvalue weighted by atomic mass is 9.82. The van der Waals surface area contributed by atoms with Crippen molar-refractivity contribution in [2.45, 2.75) is 31.3 Å². The Hall–Kier alpha value is -2.87. The zero-order chi connectivity index (χ0) is 19.2. The van der Waals surface area contributed by atoms with Crippen molar-refractivity contribution < 1.29 is 33.3 Å². The zero-order valence-corrected chi connectivity index (χ0v) is 14.8. The Morgan fingerprint density at radius 3 is 2.67 bits per heavy atom. The number of ether oxygens (including phenoxy) is 4. The molecule has 1 saturated carbocycles. The van der Waals surface area contributed by atoms with E-state index < -0.39 is 29.9 Å². The van der Waals surface area contributed by atoms with Gasteiger partial charge in [-0.3, -0.25) is 10.1 Å². The number of hydrogen-bond donors (Lipinski definition) is 1. The fourth-order valence-electron chi connectivity index (χ4n) is 4.03. The van der Waals surface area contributed by atoms with Crippen molar-refractivity contribution in [1.82, 2.24) is 5.32 Å². The topological polar surface area (TPSA) is 103 Å². The molecule has 2 aliphatic heterocycles. The summed E-state index contributed by atoms with van der Waals surface area (Å²) in [5, 5.41) is 2.18. The summed E-state index contributed by atoms with van der Waals surface area (Å²) in [6.07, 6.45) is -0.0180. The number of imide groups is 1. The molecule has 0 aromatic heterocycles. The molecule has 2 heterocycles. The minimum atomic E-state index is -0.968. The maximum absolute atomic E-state index is 12.2. The molecule has 8 nitrogen and oxygen atoms in total. The number of rotatable bonds is 3. The first-order valence-electron chi connectivity index (χ1n) is 8.62. The molecule has 8 heteroatoms. The molecule has 2 amide bonds. The van der Waals surface area contributed by atoms with Gasteiger partial charge in [0.2, 0.25) is 0 Å². The van der Waals surface area contributed by atoms with Crippen molar-refractivity contribution in [3.63, 3.8) is 0 Å². The number of nitrogens with one attached hydrogen (secondary N) is 1. The van der Waals surface area contributed by atoms with Gasteiger partial charge in [0.25, 0.3) is 12.2 Å². The number of carbonyl (C=O) groups is 3. The van der Waals surface area contributed by atoms with Gasteiger partial charge in [-0.15, -0.1) is 0 Å². The van der Waals surface area contributed by atoms with Crippen LogP contribution in [0.15, 0.2) is 42.2 Å². The maximum Gasteiger partial charge on any atom is 0.417 e. The van der Waals surface area contributed by atoms with Crippen LogP contribution in [0.2, 0.25) is 0 Å². The standard InChI is InChI=1S/C19H19NO7/c1-19-13(27-19)8-11-12(16(22)24-2)9-25-17(14(11)19)26-18(23)20-15(21)10-6-4-3-5-7-10/h3-7,9,11,13-14,17H,8H2,1-2H3,(H,20,21,23)/t11?,13?,14?,17?,19-/m0/s1. The summed E-state index contributed by atoms with van der Waals surface area (Å²) in [5.41, 5.74) is 0.204. The van der Waals surface area contributed by atoms with E-state index in [1.54, 1.807) is 30.3 Å². The first kappa shape index (κ1) is 17.5. The lowest BCUT2D eigenvalue weighted by Crippen LogP contribution is -2.45. The molecule has 1 saturated heterocycles. The predicted molar refractivity (Wildman–Crippen MR) is 90.2 cm³/mol. The fraction of sp³-hybridized carbons (Fsp3) is 0.421. The Morgan fingerprint density at radius 2 is 1.96 bits per heavy atom. The van der Waals surface area contributed by atoms with E-state index in [9.17, 15) is 14.4 Å². The van der Waals surface area contributed by atoms with Crippen molar-refractivity contribution >= 4 is 18.0 Å². The number of carbonyl (C=O) groups excluding carboxylic acids is 3. The summed E-state index contributed by atoms with van der Waals surface area (Å²) in [6, 6.07) is 8.32. The van der Waals surface area contributed by atoms with Crippen LogP contribution in [0.25, 0.3) is 0 Å². The number of methoxy groups -OCH3 is 1. The van der Waals surface area contributed by atoms with Crippen molar-refractivity contribution in [3.8, 4) is 0 Å². The van der Waals surface area contributed by atoms with E-state index >= 15 is 0 Å². The second-order valence-electron chi connectivity index (χ2n) is 6.95. The van der Waals surface area contributed by atoms with Gasteiger partial charge >= 0.3 is 12.1 Å². The molecule has 4 rings (SSSR count). The number of esters is 1. The fourth-order valence-corrected chi connectivity index (χ4v) is 4.03. The smallest absolute Gasteiger partial charge is 0.417 e. The van der Waals surface area contributed by atoms with Gasteiger partial charge < -0.3 is 18.9 Å². The van der Waals surface area contributed by atoms with Crippen LogP contribution in [-0.2, 0) is 23.7 Å². The zero-order valence-electron chi connectivity index (χ0n) is 14.8. The van der Waals surface area contributed by atoms with Gasteiger partial charge in [-0.25, -0.2) is 9.59 Å². The molecule has 2 fully saturated rings. The van der Waals surface area contributed by atoms with Gasteiger partial charge in [0, 0.05) is 11.5 Å². The molecule has 4 unspecified atom stereocenters. The molecular formula is C19H19NO7. The van der Waals surface area contributed by atoms with Crippen molar-refractivity contribution in [1.29, 1.82) is 0 Å². The highest BCUT2D eigenvalue weighted by atomic mass is 16.7. The van der Waals surface area contributed by atoms with Crippen molar-refractivity contribution in [2.24, 2.45) is 11.8 Å². The van der Waals surface area contributed by atoms with E-state index in [1.807, 2.05) is 6.92 Å². The highest BCUT2D eigenvalue weighted by Crippen LogP contribution is 2.60. The Balaban J connectivity index is 1.47. The third-order valence-electron chi connectivity index (χ3n) is 5.46. The number of benzene rings is 1. The SMILES string of the molecule is COC(=O)C1=COC(OC(=O)NC(=O)c2ccccc2)C2C1CC1O[C@@]12C. The molecule has 0 bridgehead atoms. The normalized spacial score (nSPS) is 32.9. The molecule has 1 N–H and O–H groups in total. The predicted octanol–water partition coefficient (Wildman–Crippen LogP) is 1.76. The molecule has 1 aliphatic carbocycles. The van der Waals surface area contributed by atoms with E-state index in [2.05, 4.69) is 5.32 Å². The first-order chi connectivity index (χ1) is 12.9. The molecule has 142 valence electrons. The summed E-state index contributed by atoms with van der Waals surface area (Å²) in [7, 11) is 1.30. The second-order valence-corrected chi connectivity index (χ2v) is 6.95. The lowest BCUT2D eigenvalue weighted by molar-refractivity contribution is -0.150.